The van der Waals surface area contributed by atoms with Crippen molar-refractivity contribution in [2.24, 2.45) is 0 Å². The molecule has 0 saturated carbocycles. The normalized spacial score (nSPS) is 11.6. The molecular formula is C18H17N5O2S2. The molecule has 138 valence electrons. The van der Waals surface area contributed by atoms with Crippen LogP contribution in [-0.2, 0) is 16.6 Å². The maximum absolute atomic E-state index is 11.5. The molecule has 0 spiro atoms. The number of thiophene rings is 1. The largest absolute Gasteiger partial charge is 0.365 e. The molecule has 3 heterocycles. The molecule has 0 radical (unpaired) electrons. The molecule has 7 nitrogen and oxygen atoms in total. The number of nitrogens with zero attached hydrogens (tertiary/aromatic N) is 3. The summed E-state index contributed by atoms with van der Waals surface area (Å²) >= 11 is 1.69. The van der Waals surface area contributed by atoms with E-state index < -0.39 is 10.0 Å². The van der Waals surface area contributed by atoms with Crippen LogP contribution < -0.4 is 10.0 Å². The third-order valence-corrected chi connectivity index (χ3v) is 5.38. The zero-order valence-corrected chi connectivity index (χ0v) is 16.1. The SMILES string of the molecule is CS(=O)(=O)Nc1cccc(-c2cnn3c(NCc4cccs4)ccnc23)c1. The molecule has 27 heavy (non-hydrogen) atoms. The molecule has 0 bridgehead atoms. The first kappa shape index (κ1) is 17.5. The summed E-state index contributed by atoms with van der Waals surface area (Å²) in [5.74, 6) is 0.838. The van der Waals surface area contributed by atoms with E-state index in [0.29, 0.717) is 17.9 Å². The van der Waals surface area contributed by atoms with Gasteiger partial charge >= 0.3 is 0 Å². The van der Waals surface area contributed by atoms with Crippen LogP contribution in [0.3, 0.4) is 0 Å². The molecule has 4 aromatic rings. The first-order valence-corrected chi connectivity index (χ1v) is 10.9. The summed E-state index contributed by atoms with van der Waals surface area (Å²) in [6.07, 6.45) is 4.59. The highest BCUT2D eigenvalue weighted by Crippen LogP contribution is 2.27. The topological polar surface area (TPSA) is 88.4 Å². The van der Waals surface area contributed by atoms with E-state index in [1.165, 1.54) is 4.88 Å². The van der Waals surface area contributed by atoms with Gasteiger partial charge < -0.3 is 5.32 Å². The highest BCUT2D eigenvalue weighted by atomic mass is 32.2. The molecule has 0 fully saturated rings. The smallest absolute Gasteiger partial charge is 0.229 e. The van der Waals surface area contributed by atoms with Crippen molar-refractivity contribution in [1.29, 1.82) is 0 Å². The summed E-state index contributed by atoms with van der Waals surface area (Å²) in [5, 5.41) is 9.88. The fourth-order valence-corrected chi connectivity index (χ4v) is 3.98. The minimum absolute atomic E-state index is 0.501. The molecule has 2 N–H and O–H groups in total. The molecule has 1 aromatic carbocycles. The first-order chi connectivity index (χ1) is 13.0. The van der Waals surface area contributed by atoms with Crippen molar-refractivity contribution in [3.8, 4) is 11.1 Å². The van der Waals surface area contributed by atoms with E-state index in [1.54, 1.807) is 46.4 Å². The molecule has 0 atom stereocenters. The molecule has 0 aliphatic rings. The summed E-state index contributed by atoms with van der Waals surface area (Å²) < 4.78 is 27.2. The quantitative estimate of drug-likeness (QED) is 0.518. The van der Waals surface area contributed by atoms with E-state index in [-0.39, 0.29) is 0 Å². The fraction of sp³-hybridized carbons (Fsp3) is 0.111. The van der Waals surface area contributed by atoms with E-state index in [1.807, 2.05) is 23.6 Å². The second-order valence-electron chi connectivity index (χ2n) is 6.01. The second-order valence-corrected chi connectivity index (χ2v) is 8.79. The summed E-state index contributed by atoms with van der Waals surface area (Å²) in [6, 6.07) is 13.1. The van der Waals surface area contributed by atoms with Crippen molar-refractivity contribution >= 4 is 38.5 Å². The molecule has 0 aliphatic heterocycles. The maximum Gasteiger partial charge on any atom is 0.229 e. The zero-order chi connectivity index (χ0) is 18.9. The van der Waals surface area contributed by atoms with Crippen LogP contribution in [0.15, 0.2) is 60.2 Å². The lowest BCUT2D eigenvalue weighted by Gasteiger charge is -2.08. The average molecular weight is 400 g/mol. The van der Waals surface area contributed by atoms with Gasteiger partial charge in [0.15, 0.2) is 5.65 Å². The van der Waals surface area contributed by atoms with Gasteiger partial charge in [0.25, 0.3) is 0 Å². The Morgan fingerprint density at radius 3 is 2.85 bits per heavy atom. The van der Waals surface area contributed by atoms with Crippen LogP contribution in [0.2, 0.25) is 0 Å². The van der Waals surface area contributed by atoms with E-state index >= 15 is 0 Å². The Kier molecular flexibility index (Phi) is 4.54. The van der Waals surface area contributed by atoms with Gasteiger partial charge in [-0.1, -0.05) is 18.2 Å². The van der Waals surface area contributed by atoms with E-state index in [0.717, 1.165) is 23.2 Å². The predicted octanol–water partition coefficient (Wildman–Crippen LogP) is 3.44. The summed E-state index contributed by atoms with van der Waals surface area (Å²) in [6.45, 7) is 0.708. The van der Waals surface area contributed by atoms with Gasteiger partial charge in [-0.3, -0.25) is 4.72 Å². The van der Waals surface area contributed by atoms with Crippen LogP contribution in [0.25, 0.3) is 16.8 Å². The Labute approximate surface area is 160 Å². The first-order valence-electron chi connectivity index (χ1n) is 8.17. The standard InChI is InChI=1S/C18H17N5O2S2/c1-27(24,25)22-14-5-2-4-13(10-14)16-12-21-23-17(7-8-19-18(16)23)20-11-15-6-3-9-26-15/h2-10,12,20,22H,11H2,1H3. The average Bonchev–Trinajstić information content (AvgIpc) is 3.28. The van der Waals surface area contributed by atoms with E-state index in [9.17, 15) is 8.42 Å². The third-order valence-electron chi connectivity index (χ3n) is 3.90. The van der Waals surface area contributed by atoms with Gasteiger partial charge in [-0.05, 0) is 35.2 Å². The molecular weight excluding hydrogens is 382 g/mol. The van der Waals surface area contributed by atoms with Crippen LogP contribution >= 0.6 is 11.3 Å². The van der Waals surface area contributed by atoms with Crippen LogP contribution in [0, 0.1) is 0 Å². The fourth-order valence-electron chi connectivity index (χ4n) is 2.78. The van der Waals surface area contributed by atoms with Crippen LogP contribution in [0.4, 0.5) is 11.5 Å². The number of anilines is 2. The number of sulfonamides is 1. The number of fused-ring (bicyclic) bond motifs is 1. The number of aromatic nitrogens is 3. The maximum atomic E-state index is 11.5. The lowest BCUT2D eigenvalue weighted by atomic mass is 10.1. The molecule has 0 amide bonds. The van der Waals surface area contributed by atoms with Gasteiger partial charge in [0.2, 0.25) is 10.0 Å². The second kappa shape index (κ2) is 7.01. The van der Waals surface area contributed by atoms with Crippen molar-refractivity contribution in [3.63, 3.8) is 0 Å². The predicted molar refractivity (Wildman–Crippen MR) is 109 cm³/mol. The molecule has 4 rings (SSSR count). The van der Waals surface area contributed by atoms with Gasteiger partial charge in [0.1, 0.15) is 5.82 Å². The van der Waals surface area contributed by atoms with E-state index in [4.69, 9.17) is 0 Å². The summed E-state index contributed by atoms with van der Waals surface area (Å²) in [4.78, 5) is 5.68. The van der Waals surface area contributed by atoms with Gasteiger partial charge in [-0.25, -0.2) is 13.4 Å². The number of benzene rings is 1. The van der Waals surface area contributed by atoms with Crippen molar-refractivity contribution in [2.75, 3.05) is 16.3 Å². The zero-order valence-electron chi connectivity index (χ0n) is 14.5. The summed E-state index contributed by atoms with van der Waals surface area (Å²) in [7, 11) is -3.34. The Hall–Kier alpha value is -2.91. The lowest BCUT2D eigenvalue weighted by Crippen LogP contribution is -2.09. The highest BCUT2D eigenvalue weighted by Gasteiger charge is 2.12. The monoisotopic (exact) mass is 399 g/mol. The Morgan fingerprint density at radius 2 is 2.07 bits per heavy atom. The third kappa shape index (κ3) is 3.93. The van der Waals surface area contributed by atoms with Crippen molar-refractivity contribution < 1.29 is 8.42 Å². The molecule has 0 unspecified atom stereocenters. The van der Waals surface area contributed by atoms with Gasteiger partial charge in [0, 0.05) is 22.3 Å². The highest BCUT2D eigenvalue weighted by molar-refractivity contribution is 7.92. The number of rotatable bonds is 6. The van der Waals surface area contributed by atoms with Crippen LogP contribution in [0.1, 0.15) is 4.88 Å². The number of nitrogens with one attached hydrogen (secondary N) is 2. The molecule has 0 aliphatic carbocycles. The van der Waals surface area contributed by atoms with Crippen molar-refractivity contribution in [3.05, 3.63) is 65.1 Å². The van der Waals surface area contributed by atoms with Crippen LogP contribution in [-0.4, -0.2) is 29.3 Å². The van der Waals surface area contributed by atoms with E-state index in [2.05, 4.69) is 26.2 Å². The number of hydrogen-bond acceptors (Lipinski definition) is 6. The molecule has 0 saturated heterocycles. The van der Waals surface area contributed by atoms with Gasteiger partial charge in [0.05, 0.1) is 19.0 Å². The Balaban J connectivity index is 1.67. The van der Waals surface area contributed by atoms with Gasteiger partial charge in [-0.2, -0.15) is 9.61 Å². The minimum Gasteiger partial charge on any atom is -0.365 e. The molecule has 3 aromatic heterocycles. The van der Waals surface area contributed by atoms with Crippen molar-refractivity contribution in [1.82, 2.24) is 14.6 Å². The minimum atomic E-state index is -3.34. The van der Waals surface area contributed by atoms with Gasteiger partial charge in [-0.15, -0.1) is 11.3 Å². The summed E-state index contributed by atoms with van der Waals surface area (Å²) in [5.41, 5.74) is 2.86. The Morgan fingerprint density at radius 1 is 1.19 bits per heavy atom. The van der Waals surface area contributed by atoms with Crippen LogP contribution in [0.5, 0.6) is 0 Å². The Bertz CT molecular complexity index is 1180. The lowest BCUT2D eigenvalue weighted by molar-refractivity contribution is 0.607. The number of hydrogen-bond donors (Lipinski definition) is 2. The van der Waals surface area contributed by atoms with Crippen molar-refractivity contribution in [2.45, 2.75) is 6.54 Å². The molecule has 9 heteroatoms.